The molecule has 4 fully saturated rings. The van der Waals surface area contributed by atoms with Crippen LogP contribution >= 0.6 is 11.3 Å². The Morgan fingerprint density at radius 1 is 1.03 bits per heavy atom. The van der Waals surface area contributed by atoms with Crippen molar-refractivity contribution in [3.05, 3.63) is 28.5 Å². The number of halogens is 5. The zero-order valence-corrected chi connectivity index (χ0v) is 21.8. The molecule has 2 amide bonds. The Balaban J connectivity index is 1.37. The fourth-order valence-corrected chi connectivity index (χ4v) is 6.88. The van der Waals surface area contributed by atoms with E-state index in [1.165, 1.54) is 0 Å². The zero-order chi connectivity index (χ0) is 27.5. The molecule has 2 bridgehead atoms. The number of fused-ring (bicyclic) bond motifs is 2. The van der Waals surface area contributed by atoms with Crippen LogP contribution in [0.15, 0.2) is 12.3 Å². The lowest BCUT2D eigenvalue weighted by Crippen LogP contribution is -2.39. The lowest BCUT2D eigenvalue weighted by atomic mass is 9.93. The molecule has 2 N–H and O–H groups in total. The molecule has 1 atom stereocenters. The summed E-state index contributed by atoms with van der Waals surface area (Å²) in [5.74, 6) is -1.83. The first-order valence-corrected chi connectivity index (χ1v) is 14.2. The van der Waals surface area contributed by atoms with Gasteiger partial charge in [0, 0.05) is 35.4 Å². The van der Waals surface area contributed by atoms with Gasteiger partial charge in [-0.25, -0.2) is 18.7 Å². The van der Waals surface area contributed by atoms with E-state index in [1.807, 2.05) is 0 Å². The van der Waals surface area contributed by atoms with Gasteiger partial charge in [0.25, 0.3) is 18.2 Å². The second kappa shape index (κ2) is 9.97. The van der Waals surface area contributed by atoms with Gasteiger partial charge in [-0.3, -0.25) is 9.59 Å². The third kappa shape index (κ3) is 5.09. The number of hydrogen-bond donors (Lipinski definition) is 2. The summed E-state index contributed by atoms with van der Waals surface area (Å²) in [5.41, 5.74) is -0.772. The standard InChI is InChI=1S/C26H28F5N5O2S/c27-22(28)16-10-18(34-21(12-4-5-12)26(29,30)31)32-11-17(16)20-19(25(38)36-14-6-7-15(36)9-8-14)35-24(39-20)23(37)33-13-2-1-3-13/h10-15,21-22H,1-9H2,(H,32,34)(H,33,37). The van der Waals surface area contributed by atoms with Gasteiger partial charge in [-0.05, 0) is 69.8 Å². The smallest absolute Gasteiger partial charge is 0.358 e. The van der Waals surface area contributed by atoms with Gasteiger partial charge in [0.2, 0.25) is 0 Å². The van der Waals surface area contributed by atoms with Crippen LogP contribution in [-0.2, 0) is 0 Å². The minimum atomic E-state index is -4.55. The van der Waals surface area contributed by atoms with Gasteiger partial charge in [-0.1, -0.05) is 0 Å². The topological polar surface area (TPSA) is 87.2 Å². The van der Waals surface area contributed by atoms with Gasteiger partial charge < -0.3 is 15.5 Å². The minimum absolute atomic E-state index is 0.00937. The van der Waals surface area contributed by atoms with Crippen molar-refractivity contribution in [2.45, 2.75) is 94.6 Å². The number of rotatable bonds is 8. The highest BCUT2D eigenvalue weighted by molar-refractivity contribution is 7.17. The van der Waals surface area contributed by atoms with Crippen molar-refractivity contribution in [1.82, 2.24) is 20.2 Å². The molecule has 210 valence electrons. The summed E-state index contributed by atoms with van der Waals surface area (Å²) in [7, 11) is 0. The number of carbonyl (C=O) groups is 2. The first-order chi connectivity index (χ1) is 18.6. The predicted octanol–water partition coefficient (Wildman–Crippen LogP) is 5.94. The highest BCUT2D eigenvalue weighted by Crippen LogP contribution is 2.44. The van der Waals surface area contributed by atoms with Crippen LogP contribution in [0.25, 0.3) is 10.4 Å². The van der Waals surface area contributed by atoms with Gasteiger partial charge in [-0.15, -0.1) is 11.3 Å². The average molecular weight is 570 g/mol. The van der Waals surface area contributed by atoms with Crippen molar-refractivity contribution >= 4 is 29.0 Å². The fourth-order valence-electron chi connectivity index (χ4n) is 5.89. The zero-order valence-electron chi connectivity index (χ0n) is 20.9. The van der Waals surface area contributed by atoms with Crippen LogP contribution in [0, 0.1) is 5.92 Å². The average Bonchev–Trinajstić information content (AvgIpc) is 3.30. The predicted molar refractivity (Wildman–Crippen MR) is 134 cm³/mol. The van der Waals surface area contributed by atoms with E-state index >= 15 is 0 Å². The number of nitrogens with one attached hydrogen (secondary N) is 2. The molecular weight excluding hydrogens is 541 g/mol. The van der Waals surface area contributed by atoms with Gasteiger partial charge in [0.1, 0.15) is 17.6 Å². The van der Waals surface area contributed by atoms with Crippen LogP contribution in [0.5, 0.6) is 0 Å². The molecule has 4 aliphatic rings. The summed E-state index contributed by atoms with van der Waals surface area (Å²) in [6, 6.07) is -0.872. The van der Waals surface area contributed by atoms with Crippen LogP contribution in [-0.4, -0.2) is 57.0 Å². The van der Waals surface area contributed by atoms with Crippen LogP contribution in [0.1, 0.15) is 90.1 Å². The Morgan fingerprint density at radius 2 is 1.69 bits per heavy atom. The molecule has 2 aliphatic heterocycles. The SMILES string of the molecule is O=C(NC1CCC1)c1nc(C(=O)N2C3CCC2CC3)c(-c2cnc(NC(C3CC3)C(F)(F)F)cc2C(F)F)s1. The molecule has 0 radical (unpaired) electrons. The first-order valence-electron chi connectivity index (χ1n) is 13.4. The Bertz CT molecular complexity index is 1260. The molecule has 0 spiro atoms. The number of amides is 2. The molecule has 2 aromatic heterocycles. The van der Waals surface area contributed by atoms with Gasteiger partial charge in [0.15, 0.2) is 5.01 Å². The maximum Gasteiger partial charge on any atom is 0.408 e. The van der Waals surface area contributed by atoms with E-state index < -0.39 is 41.9 Å². The second-order valence-electron chi connectivity index (χ2n) is 10.9. The Kier molecular flexibility index (Phi) is 6.75. The third-order valence-electron chi connectivity index (χ3n) is 8.32. The van der Waals surface area contributed by atoms with E-state index in [4.69, 9.17) is 0 Å². The summed E-state index contributed by atoms with van der Waals surface area (Å²) in [6.45, 7) is 0. The van der Waals surface area contributed by atoms with Crippen LogP contribution in [0.2, 0.25) is 0 Å². The highest BCUT2D eigenvalue weighted by Gasteiger charge is 2.49. The molecule has 13 heteroatoms. The second-order valence-corrected chi connectivity index (χ2v) is 11.9. The minimum Gasteiger partial charge on any atom is -0.358 e. The number of pyridine rings is 1. The highest BCUT2D eigenvalue weighted by atomic mass is 32.1. The molecule has 2 saturated heterocycles. The van der Waals surface area contributed by atoms with Crippen molar-refractivity contribution in [2.75, 3.05) is 5.32 Å². The van der Waals surface area contributed by atoms with E-state index in [-0.39, 0.29) is 45.1 Å². The van der Waals surface area contributed by atoms with Crippen molar-refractivity contribution in [3.63, 3.8) is 0 Å². The number of alkyl halides is 5. The quantitative estimate of drug-likeness (QED) is 0.384. The summed E-state index contributed by atoms with van der Waals surface area (Å²) in [4.78, 5) is 36.8. The van der Waals surface area contributed by atoms with E-state index in [0.717, 1.165) is 68.5 Å². The number of aromatic nitrogens is 2. The van der Waals surface area contributed by atoms with Gasteiger partial charge in [-0.2, -0.15) is 13.2 Å². The van der Waals surface area contributed by atoms with Crippen LogP contribution in [0.4, 0.5) is 27.8 Å². The molecule has 0 aromatic carbocycles. The number of nitrogens with zero attached hydrogens (tertiary/aromatic N) is 3. The van der Waals surface area contributed by atoms with Gasteiger partial charge >= 0.3 is 6.18 Å². The van der Waals surface area contributed by atoms with E-state index in [9.17, 15) is 31.5 Å². The number of thiazole rings is 1. The number of hydrogen-bond acceptors (Lipinski definition) is 6. The van der Waals surface area contributed by atoms with Gasteiger partial charge in [0.05, 0.1) is 4.88 Å². The molecule has 7 nitrogen and oxygen atoms in total. The van der Waals surface area contributed by atoms with E-state index in [1.54, 1.807) is 4.90 Å². The maximum absolute atomic E-state index is 14.3. The molecule has 39 heavy (non-hydrogen) atoms. The largest absolute Gasteiger partial charge is 0.408 e. The van der Waals surface area contributed by atoms with E-state index in [0.29, 0.717) is 12.8 Å². The van der Waals surface area contributed by atoms with Crippen LogP contribution in [0.3, 0.4) is 0 Å². The van der Waals surface area contributed by atoms with Crippen molar-refractivity contribution in [1.29, 1.82) is 0 Å². The summed E-state index contributed by atoms with van der Waals surface area (Å²) >= 11 is 0.833. The Hall–Kier alpha value is -2.83. The number of carbonyl (C=O) groups excluding carboxylic acids is 2. The maximum atomic E-state index is 14.3. The lowest BCUT2D eigenvalue weighted by molar-refractivity contribution is -0.146. The van der Waals surface area contributed by atoms with Crippen molar-refractivity contribution in [3.8, 4) is 10.4 Å². The Labute approximate surface area is 225 Å². The summed E-state index contributed by atoms with van der Waals surface area (Å²) in [6.07, 6.45) is 0.327. The molecule has 1 unspecified atom stereocenters. The van der Waals surface area contributed by atoms with Crippen molar-refractivity contribution < 1.29 is 31.5 Å². The molecule has 4 heterocycles. The van der Waals surface area contributed by atoms with Crippen LogP contribution < -0.4 is 10.6 Å². The third-order valence-corrected chi connectivity index (χ3v) is 9.40. The number of anilines is 1. The summed E-state index contributed by atoms with van der Waals surface area (Å²) < 4.78 is 69.2. The monoisotopic (exact) mass is 569 g/mol. The van der Waals surface area contributed by atoms with Crippen molar-refractivity contribution in [2.24, 2.45) is 5.92 Å². The summed E-state index contributed by atoms with van der Waals surface area (Å²) in [5, 5.41) is 5.15. The van der Waals surface area contributed by atoms with E-state index in [2.05, 4.69) is 20.6 Å². The molecule has 2 saturated carbocycles. The first kappa shape index (κ1) is 26.4. The normalized spacial score (nSPS) is 23.7. The Morgan fingerprint density at radius 3 is 2.23 bits per heavy atom. The fraction of sp³-hybridized carbons (Fsp3) is 0.615. The molecule has 6 rings (SSSR count). The lowest BCUT2D eigenvalue weighted by Gasteiger charge is -2.25. The molecule has 2 aliphatic carbocycles. The molecule has 2 aromatic rings. The molecular formula is C26H28F5N5O2S.